The van der Waals surface area contributed by atoms with Gasteiger partial charge < -0.3 is 20.7 Å². The second-order valence-electron chi connectivity index (χ2n) is 5.08. The largest absolute Gasteiger partial charge is 0.453 e. The number of carbonyl (C=O) groups excluding carboxylic acids is 2. The molecule has 0 aromatic carbocycles. The Hall–Kier alpha value is -1.01. The van der Waals surface area contributed by atoms with Gasteiger partial charge in [0.15, 0.2) is 0 Å². The molecule has 110 valence electrons. The van der Waals surface area contributed by atoms with Gasteiger partial charge >= 0.3 is 6.09 Å². The Kier molecular flexibility index (Phi) is 5.87. The molecule has 0 aromatic heterocycles. The number of rotatable bonds is 2. The minimum absolute atomic E-state index is 0. The Morgan fingerprint density at radius 2 is 1.95 bits per heavy atom. The molecule has 0 unspecified atom stereocenters. The van der Waals surface area contributed by atoms with Crippen LogP contribution in [0.2, 0.25) is 0 Å². The molecule has 1 heterocycles. The molecule has 1 aliphatic heterocycles. The number of methoxy groups -OCH3 is 1. The van der Waals surface area contributed by atoms with E-state index in [1.54, 1.807) is 0 Å². The third-order valence-corrected chi connectivity index (χ3v) is 3.90. The van der Waals surface area contributed by atoms with E-state index >= 15 is 0 Å². The number of alkyl carbamates (subject to hydrolysis) is 1. The van der Waals surface area contributed by atoms with E-state index in [1.807, 2.05) is 4.90 Å². The Morgan fingerprint density at radius 3 is 2.53 bits per heavy atom. The lowest BCUT2D eigenvalue weighted by atomic mass is 9.91. The molecule has 0 spiro atoms. The lowest BCUT2D eigenvalue weighted by Crippen LogP contribution is -2.46. The quantitative estimate of drug-likeness (QED) is 0.782. The van der Waals surface area contributed by atoms with Crippen molar-refractivity contribution in [3.05, 3.63) is 0 Å². The molecule has 1 saturated carbocycles. The van der Waals surface area contributed by atoms with Gasteiger partial charge in [0.25, 0.3) is 0 Å². The second kappa shape index (κ2) is 6.96. The molecule has 2 rings (SSSR count). The average Bonchev–Trinajstić information content (AvgIpc) is 2.72. The lowest BCUT2D eigenvalue weighted by molar-refractivity contribution is -0.131. The van der Waals surface area contributed by atoms with Crippen LogP contribution in [0.5, 0.6) is 0 Å². The molecule has 0 bridgehead atoms. The maximum absolute atomic E-state index is 12.2. The molecule has 7 heteroatoms. The summed E-state index contributed by atoms with van der Waals surface area (Å²) < 4.78 is 4.52. The summed E-state index contributed by atoms with van der Waals surface area (Å²) in [6.07, 6.45) is 4.01. The SMILES string of the molecule is COC(=O)N[C@@H]1CCN(C2CCC(N)CC2)C1=O.Cl. The number of amides is 2. The second-order valence-corrected chi connectivity index (χ2v) is 5.08. The number of hydrogen-bond acceptors (Lipinski definition) is 4. The highest BCUT2D eigenvalue weighted by Crippen LogP contribution is 2.26. The van der Waals surface area contributed by atoms with Gasteiger partial charge in [-0.25, -0.2) is 4.79 Å². The predicted octanol–water partition coefficient (Wildman–Crippen LogP) is 0.635. The fourth-order valence-electron chi connectivity index (χ4n) is 2.81. The molecule has 0 radical (unpaired) electrons. The number of halogens is 1. The van der Waals surface area contributed by atoms with Crippen molar-refractivity contribution in [2.75, 3.05) is 13.7 Å². The van der Waals surface area contributed by atoms with E-state index in [4.69, 9.17) is 5.73 Å². The molecular formula is C12H22ClN3O3. The van der Waals surface area contributed by atoms with Crippen molar-refractivity contribution in [1.82, 2.24) is 10.2 Å². The topological polar surface area (TPSA) is 84.7 Å². The van der Waals surface area contributed by atoms with Crippen LogP contribution in [0.1, 0.15) is 32.1 Å². The number of hydrogen-bond donors (Lipinski definition) is 2. The summed E-state index contributed by atoms with van der Waals surface area (Å²) in [7, 11) is 1.30. The number of likely N-dealkylation sites (tertiary alicyclic amines) is 1. The van der Waals surface area contributed by atoms with Crippen LogP contribution in [0, 0.1) is 0 Å². The first kappa shape index (κ1) is 16.0. The predicted molar refractivity (Wildman–Crippen MR) is 73.1 cm³/mol. The number of ether oxygens (including phenoxy) is 1. The molecule has 2 fully saturated rings. The van der Waals surface area contributed by atoms with Crippen molar-refractivity contribution in [1.29, 1.82) is 0 Å². The zero-order chi connectivity index (χ0) is 13.1. The minimum Gasteiger partial charge on any atom is -0.453 e. The van der Waals surface area contributed by atoms with Crippen LogP contribution >= 0.6 is 12.4 Å². The molecule has 0 aromatic rings. The van der Waals surface area contributed by atoms with Crippen LogP contribution in [-0.2, 0) is 9.53 Å². The summed E-state index contributed by atoms with van der Waals surface area (Å²) in [4.78, 5) is 25.2. The van der Waals surface area contributed by atoms with E-state index in [-0.39, 0.29) is 24.4 Å². The van der Waals surface area contributed by atoms with E-state index in [1.165, 1.54) is 7.11 Å². The Bertz CT molecular complexity index is 332. The fourth-order valence-corrected chi connectivity index (χ4v) is 2.81. The molecule has 2 amide bonds. The zero-order valence-corrected chi connectivity index (χ0v) is 11.9. The maximum atomic E-state index is 12.2. The molecule has 6 nitrogen and oxygen atoms in total. The van der Waals surface area contributed by atoms with Gasteiger partial charge in [0.1, 0.15) is 6.04 Å². The zero-order valence-electron chi connectivity index (χ0n) is 11.1. The van der Waals surface area contributed by atoms with Crippen molar-refractivity contribution in [3.63, 3.8) is 0 Å². The van der Waals surface area contributed by atoms with Crippen LogP contribution in [-0.4, -0.2) is 48.7 Å². The molecule has 3 N–H and O–H groups in total. The summed E-state index contributed by atoms with van der Waals surface area (Å²) in [6, 6.07) is 0.151. The smallest absolute Gasteiger partial charge is 0.407 e. The molecule has 1 aliphatic carbocycles. The first-order valence-corrected chi connectivity index (χ1v) is 6.52. The Morgan fingerprint density at radius 1 is 1.32 bits per heavy atom. The first-order valence-electron chi connectivity index (χ1n) is 6.52. The Labute approximate surface area is 119 Å². The van der Waals surface area contributed by atoms with Crippen molar-refractivity contribution in [2.45, 2.75) is 50.2 Å². The highest BCUT2D eigenvalue weighted by Gasteiger charge is 2.37. The number of nitrogens with zero attached hydrogens (tertiary/aromatic N) is 1. The lowest BCUT2D eigenvalue weighted by Gasteiger charge is -2.33. The highest BCUT2D eigenvalue weighted by molar-refractivity contribution is 5.87. The van der Waals surface area contributed by atoms with Crippen LogP contribution < -0.4 is 11.1 Å². The monoisotopic (exact) mass is 291 g/mol. The van der Waals surface area contributed by atoms with Crippen molar-refractivity contribution < 1.29 is 14.3 Å². The van der Waals surface area contributed by atoms with Crippen LogP contribution in [0.15, 0.2) is 0 Å². The highest BCUT2D eigenvalue weighted by atomic mass is 35.5. The maximum Gasteiger partial charge on any atom is 0.407 e. The van der Waals surface area contributed by atoms with Gasteiger partial charge in [-0.1, -0.05) is 0 Å². The molecule has 1 atom stereocenters. The molecule has 2 aliphatic rings. The van der Waals surface area contributed by atoms with Crippen LogP contribution in [0.25, 0.3) is 0 Å². The van der Waals surface area contributed by atoms with Crippen molar-refractivity contribution in [2.24, 2.45) is 5.73 Å². The van der Waals surface area contributed by atoms with Crippen LogP contribution in [0.3, 0.4) is 0 Å². The number of nitrogens with one attached hydrogen (secondary N) is 1. The third-order valence-electron chi connectivity index (χ3n) is 3.90. The van der Waals surface area contributed by atoms with Gasteiger partial charge in [0.05, 0.1) is 7.11 Å². The van der Waals surface area contributed by atoms with Gasteiger partial charge in [-0.3, -0.25) is 4.79 Å². The van der Waals surface area contributed by atoms with E-state index in [0.717, 1.165) is 25.7 Å². The summed E-state index contributed by atoms with van der Waals surface area (Å²) in [6.45, 7) is 0.716. The normalized spacial score (nSPS) is 30.7. The van der Waals surface area contributed by atoms with Crippen LogP contribution in [0.4, 0.5) is 4.79 Å². The van der Waals surface area contributed by atoms with E-state index in [2.05, 4.69) is 10.1 Å². The molecule has 19 heavy (non-hydrogen) atoms. The van der Waals surface area contributed by atoms with Gasteiger partial charge in [0, 0.05) is 18.6 Å². The van der Waals surface area contributed by atoms with Crippen molar-refractivity contribution in [3.8, 4) is 0 Å². The fraction of sp³-hybridized carbons (Fsp3) is 0.833. The van der Waals surface area contributed by atoms with Gasteiger partial charge in [-0.15, -0.1) is 12.4 Å². The van der Waals surface area contributed by atoms with Gasteiger partial charge in [0.2, 0.25) is 5.91 Å². The summed E-state index contributed by atoms with van der Waals surface area (Å²) >= 11 is 0. The summed E-state index contributed by atoms with van der Waals surface area (Å²) in [5, 5.41) is 2.58. The van der Waals surface area contributed by atoms with E-state index in [9.17, 15) is 9.59 Å². The summed E-state index contributed by atoms with van der Waals surface area (Å²) in [5.74, 6) is 0.0147. The van der Waals surface area contributed by atoms with Gasteiger partial charge in [-0.05, 0) is 32.1 Å². The third kappa shape index (κ3) is 3.73. The Balaban J connectivity index is 0.00000180. The first-order chi connectivity index (χ1) is 8.61. The minimum atomic E-state index is -0.541. The van der Waals surface area contributed by atoms with Gasteiger partial charge in [-0.2, -0.15) is 0 Å². The molecule has 1 saturated heterocycles. The number of carbonyl (C=O) groups is 2. The standard InChI is InChI=1S/C12H21N3O3.ClH/c1-18-12(17)14-10-6-7-15(11(10)16)9-4-2-8(13)3-5-9;/h8-10H,2-7,13H2,1H3,(H,14,17);1H/t8?,9?,10-;/m1./s1. The van der Waals surface area contributed by atoms with Crippen molar-refractivity contribution >= 4 is 24.4 Å². The van der Waals surface area contributed by atoms with E-state index in [0.29, 0.717) is 19.0 Å². The number of nitrogens with two attached hydrogens (primary N) is 1. The summed E-state index contributed by atoms with van der Waals surface area (Å²) in [5.41, 5.74) is 5.86. The van der Waals surface area contributed by atoms with E-state index < -0.39 is 12.1 Å². The average molecular weight is 292 g/mol. The molecular weight excluding hydrogens is 270 g/mol.